The van der Waals surface area contributed by atoms with Crippen molar-refractivity contribution in [3.05, 3.63) is 123 Å². The maximum absolute atomic E-state index is 13.5. The second-order valence-electron chi connectivity index (χ2n) is 8.42. The third kappa shape index (κ3) is 4.63. The van der Waals surface area contributed by atoms with Crippen LogP contribution in [0.4, 0.5) is 8.78 Å². The maximum Gasteiger partial charge on any atom is 0.261 e. The maximum atomic E-state index is 13.5. The summed E-state index contributed by atoms with van der Waals surface area (Å²) in [5.74, 6) is -2.35. The van der Waals surface area contributed by atoms with Crippen LogP contribution in [0.5, 0.6) is 0 Å². The minimum Gasteiger partial charge on any atom is -0.619 e. The normalized spacial score (nSPS) is 11.2. The number of hydrogen-bond acceptors (Lipinski definition) is 4. The number of Topliss-reactive ketones (excluding diaryl/α,β-unsaturated/α-hetero) is 1. The number of nitrogens with one attached hydrogen (secondary N) is 1. The van der Waals surface area contributed by atoms with Crippen molar-refractivity contribution in [1.82, 2.24) is 14.5 Å². The highest BCUT2D eigenvalue weighted by Crippen LogP contribution is 2.27. The van der Waals surface area contributed by atoms with Crippen molar-refractivity contribution >= 4 is 16.8 Å². The van der Waals surface area contributed by atoms with Crippen LogP contribution in [0.2, 0.25) is 0 Å². The van der Waals surface area contributed by atoms with Gasteiger partial charge >= 0.3 is 0 Å². The van der Waals surface area contributed by atoms with Gasteiger partial charge in [0.25, 0.3) is 5.56 Å². The predicted octanol–water partition coefficient (Wildman–Crippen LogP) is 4.17. The van der Waals surface area contributed by atoms with Gasteiger partial charge in [-0.1, -0.05) is 6.07 Å². The molecule has 0 bridgehead atoms. The van der Waals surface area contributed by atoms with Gasteiger partial charge in [0.2, 0.25) is 0 Å². The number of aryl methyl sites for hydroxylation is 1. The van der Waals surface area contributed by atoms with Crippen LogP contribution >= 0.6 is 0 Å². The van der Waals surface area contributed by atoms with Crippen molar-refractivity contribution in [2.75, 3.05) is 0 Å². The van der Waals surface area contributed by atoms with E-state index in [4.69, 9.17) is 0 Å². The standard InChI is InChI=1S/C27H20F2N4O3/c28-23-7-5-18(12-24(23)29)14-32-10-2-4-21(27(32)35)25(34)8-6-17-11-19(16-33(36)15-17)22-13-31-26-20(22)3-1-9-30-26/h1-5,7,9-13,15-16H,6,8,14H2,(H,30,31). The Bertz CT molecular complexity index is 1660. The van der Waals surface area contributed by atoms with Crippen molar-refractivity contribution in [3.63, 3.8) is 0 Å². The molecule has 0 fully saturated rings. The molecule has 0 saturated carbocycles. The van der Waals surface area contributed by atoms with Crippen LogP contribution in [0, 0.1) is 16.8 Å². The molecule has 36 heavy (non-hydrogen) atoms. The van der Waals surface area contributed by atoms with Crippen LogP contribution in [0.25, 0.3) is 22.2 Å². The molecule has 0 unspecified atom stereocenters. The van der Waals surface area contributed by atoms with Gasteiger partial charge in [-0.25, -0.2) is 13.8 Å². The molecule has 0 amide bonds. The Labute approximate surface area is 203 Å². The van der Waals surface area contributed by atoms with Gasteiger partial charge in [0, 0.05) is 47.1 Å². The van der Waals surface area contributed by atoms with Gasteiger partial charge in [0.15, 0.2) is 29.8 Å². The van der Waals surface area contributed by atoms with Gasteiger partial charge in [-0.3, -0.25) is 9.59 Å². The highest BCUT2D eigenvalue weighted by Gasteiger charge is 2.16. The quantitative estimate of drug-likeness (QED) is 0.212. The zero-order chi connectivity index (χ0) is 25.2. The Morgan fingerprint density at radius 1 is 1.06 bits per heavy atom. The van der Waals surface area contributed by atoms with Gasteiger partial charge in [0.1, 0.15) is 5.65 Å². The summed E-state index contributed by atoms with van der Waals surface area (Å²) in [5, 5.41) is 13.1. The summed E-state index contributed by atoms with van der Waals surface area (Å²) in [4.78, 5) is 33.1. The van der Waals surface area contributed by atoms with E-state index in [2.05, 4.69) is 9.97 Å². The van der Waals surface area contributed by atoms with E-state index in [0.717, 1.165) is 23.1 Å². The number of pyridine rings is 3. The SMILES string of the molecule is O=C(CCc1cc(-c2c[nH]c3ncccc23)c[n+]([O-])c1)c1cccn(Cc2ccc(F)c(F)c2)c1=O. The molecular formula is C27H20F2N4O3. The molecule has 0 aliphatic carbocycles. The van der Waals surface area contributed by atoms with E-state index >= 15 is 0 Å². The summed E-state index contributed by atoms with van der Waals surface area (Å²) in [6.07, 6.45) is 8.07. The number of ketones is 1. The number of H-pyrrole nitrogens is 1. The van der Waals surface area contributed by atoms with Crippen molar-refractivity contribution in [2.45, 2.75) is 19.4 Å². The second kappa shape index (κ2) is 9.53. The third-order valence-corrected chi connectivity index (χ3v) is 5.96. The van der Waals surface area contributed by atoms with E-state index in [1.807, 2.05) is 18.2 Å². The third-order valence-electron chi connectivity index (χ3n) is 5.96. The monoisotopic (exact) mass is 486 g/mol. The van der Waals surface area contributed by atoms with Gasteiger partial charge in [-0.2, -0.15) is 4.73 Å². The number of aromatic nitrogens is 4. The average Bonchev–Trinajstić information content (AvgIpc) is 3.30. The highest BCUT2D eigenvalue weighted by molar-refractivity contribution is 5.96. The van der Waals surface area contributed by atoms with E-state index in [-0.39, 0.29) is 30.7 Å². The summed E-state index contributed by atoms with van der Waals surface area (Å²) in [6.45, 7) is -0.00510. The zero-order valence-corrected chi connectivity index (χ0v) is 18.9. The van der Waals surface area contributed by atoms with Gasteiger partial charge in [-0.05, 0) is 54.4 Å². The molecule has 0 aliphatic heterocycles. The molecule has 7 nitrogen and oxygen atoms in total. The minimum atomic E-state index is -1.01. The number of halogens is 2. The number of fused-ring (bicyclic) bond motifs is 1. The van der Waals surface area contributed by atoms with E-state index in [0.29, 0.717) is 27.1 Å². The van der Waals surface area contributed by atoms with Crippen LogP contribution in [-0.2, 0) is 13.0 Å². The first-order valence-electron chi connectivity index (χ1n) is 11.2. The molecule has 1 N–H and O–H groups in total. The van der Waals surface area contributed by atoms with E-state index in [1.54, 1.807) is 18.5 Å². The summed E-state index contributed by atoms with van der Waals surface area (Å²) >= 11 is 0. The number of carbonyl (C=O) groups is 1. The number of benzene rings is 1. The van der Waals surface area contributed by atoms with Crippen LogP contribution in [-0.4, -0.2) is 20.3 Å². The van der Waals surface area contributed by atoms with Crippen molar-refractivity contribution in [2.24, 2.45) is 0 Å². The molecule has 5 rings (SSSR count). The fourth-order valence-corrected chi connectivity index (χ4v) is 4.19. The summed E-state index contributed by atoms with van der Waals surface area (Å²) < 4.78 is 28.7. The van der Waals surface area contributed by atoms with Crippen LogP contribution in [0.15, 0.2) is 84.3 Å². The Balaban J connectivity index is 1.34. The van der Waals surface area contributed by atoms with E-state index in [9.17, 15) is 23.6 Å². The Morgan fingerprint density at radius 3 is 2.75 bits per heavy atom. The second-order valence-corrected chi connectivity index (χ2v) is 8.42. The van der Waals surface area contributed by atoms with Crippen LogP contribution < -0.4 is 10.3 Å². The Kier molecular flexibility index (Phi) is 6.12. The predicted molar refractivity (Wildman–Crippen MR) is 129 cm³/mol. The largest absolute Gasteiger partial charge is 0.619 e. The van der Waals surface area contributed by atoms with Gasteiger partial charge in [0.05, 0.1) is 12.1 Å². The lowest BCUT2D eigenvalue weighted by molar-refractivity contribution is -0.605. The lowest BCUT2D eigenvalue weighted by Crippen LogP contribution is -2.27. The lowest BCUT2D eigenvalue weighted by atomic mass is 10.0. The minimum absolute atomic E-state index is 0.00510. The average molecular weight is 486 g/mol. The molecule has 0 atom stereocenters. The number of carbonyl (C=O) groups excluding carboxylic acids is 1. The Morgan fingerprint density at radius 2 is 1.92 bits per heavy atom. The van der Waals surface area contributed by atoms with Crippen molar-refractivity contribution in [3.8, 4) is 11.1 Å². The number of aromatic amines is 1. The molecule has 0 spiro atoms. The number of nitrogens with zero attached hydrogens (tertiary/aromatic N) is 3. The summed E-state index contributed by atoms with van der Waals surface area (Å²) in [6, 6.07) is 11.9. The molecule has 0 aliphatic rings. The van der Waals surface area contributed by atoms with Crippen molar-refractivity contribution < 1.29 is 18.3 Å². The molecule has 4 aromatic heterocycles. The molecule has 1 aromatic carbocycles. The lowest BCUT2D eigenvalue weighted by Gasteiger charge is -2.09. The fourth-order valence-electron chi connectivity index (χ4n) is 4.19. The van der Waals surface area contributed by atoms with E-state index in [1.165, 1.54) is 35.3 Å². The molecule has 4 heterocycles. The van der Waals surface area contributed by atoms with Gasteiger partial charge in [-0.15, -0.1) is 0 Å². The van der Waals surface area contributed by atoms with Gasteiger partial charge < -0.3 is 14.8 Å². The van der Waals surface area contributed by atoms with Crippen LogP contribution in [0.3, 0.4) is 0 Å². The fraction of sp³-hybridized carbons (Fsp3) is 0.111. The molecular weight excluding hydrogens is 466 g/mol. The Hall–Kier alpha value is -4.66. The smallest absolute Gasteiger partial charge is 0.261 e. The first-order valence-corrected chi connectivity index (χ1v) is 11.2. The molecule has 5 aromatic rings. The highest BCUT2D eigenvalue weighted by atomic mass is 19.2. The molecule has 0 radical (unpaired) electrons. The van der Waals surface area contributed by atoms with E-state index < -0.39 is 17.2 Å². The topological polar surface area (TPSA) is 94.7 Å². The summed E-state index contributed by atoms with van der Waals surface area (Å²) in [5.41, 5.74) is 2.72. The van der Waals surface area contributed by atoms with Crippen molar-refractivity contribution in [1.29, 1.82) is 0 Å². The number of rotatable bonds is 7. The zero-order valence-electron chi connectivity index (χ0n) is 18.9. The first-order chi connectivity index (χ1) is 17.4. The molecule has 180 valence electrons. The number of hydrogen-bond donors (Lipinski definition) is 1. The van der Waals surface area contributed by atoms with Crippen LogP contribution in [0.1, 0.15) is 27.9 Å². The first kappa shape index (κ1) is 23.1. The molecule has 9 heteroatoms. The molecule has 0 saturated heterocycles. The summed E-state index contributed by atoms with van der Waals surface area (Å²) in [7, 11) is 0.